The molecule has 2 aromatic heterocycles. The van der Waals surface area contributed by atoms with E-state index in [0.717, 1.165) is 28.9 Å². The van der Waals surface area contributed by atoms with Crippen molar-refractivity contribution in [1.82, 2.24) is 9.97 Å². The van der Waals surface area contributed by atoms with Gasteiger partial charge in [0.15, 0.2) is 0 Å². The molecule has 3 nitrogen and oxygen atoms in total. The summed E-state index contributed by atoms with van der Waals surface area (Å²) in [6.45, 7) is 0. The van der Waals surface area contributed by atoms with Gasteiger partial charge in [0.25, 0.3) is 5.56 Å². The molecule has 0 unspecified atom stereocenters. The van der Waals surface area contributed by atoms with Crippen LogP contribution in [0.5, 0.6) is 0 Å². The van der Waals surface area contributed by atoms with Crippen LogP contribution in [0.4, 0.5) is 0 Å². The first-order chi connectivity index (χ1) is 12.8. The largest absolute Gasteiger partial charge is 0.309 e. The van der Waals surface area contributed by atoms with Crippen LogP contribution in [-0.4, -0.2) is 9.97 Å². The average Bonchev–Trinajstić information content (AvgIpc) is 3.05. The van der Waals surface area contributed by atoms with E-state index >= 15 is 0 Å². The molecule has 0 aliphatic heterocycles. The molecule has 130 valence electrons. The number of hydrogen-bond acceptors (Lipinski definition) is 4. The molecule has 5 heteroatoms. The molecule has 0 bridgehead atoms. The number of thiophene rings is 1. The second-order valence-corrected chi connectivity index (χ2v) is 8.83. The fourth-order valence-corrected chi connectivity index (χ4v) is 5.78. The zero-order valence-corrected chi connectivity index (χ0v) is 15.9. The maximum atomic E-state index is 12.6. The van der Waals surface area contributed by atoms with Gasteiger partial charge < -0.3 is 4.98 Å². The monoisotopic (exact) mass is 378 g/mol. The Bertz CT molecular complexity index is 1180. The number of H-pyrrole nitrogens is 1. The van der Waals surface area contributed by atoms with Crippen molar-refractivity contribution in [1.29, 1.82) is 0 Å². The highest BCUT2D eigenvalue weighted by molar-refractivity contribution is 7.98. The topological polar surface area (TPSA) is 45.8 Å². The number of rotatable bonds is 3. The predicted molar refractivity (Wildman–Crippen MR) is 110 cm³/mol. The van der Waals surface area contributed by atoms with Gasteiger partial charge in [-0.05, 0) is 54.2 Å². The lowest BCUT2D eigenvalue weighted by Gasteiger charge is -2.09. The summed E-state index contributed by atoms with van der Waals surface area (Å²) < 4.78 is 0. The van der Waals surface area contributed by atoms with Crippen LogP contribution < -0.4 is 5.56 Å². The molecule has 4 aromatic rings. The quantitative estimate of drug-likeness (QED) is 0.492. The minimum atomic E-state index is 0.0310. The predicted octanol–water partition coefficient (Wildman–Crippen LogP) is 5.31. The molecule has 0 spiro atoms. The Kier molecular flexibility index (Phi) is 4.06. The van der Waals surface area contributed by atoms with E-state index in [0.29, 0.717) is 5.75 Å². The van der Waals surface area contributed by atoms with E-state index in [1.165, 1.54) is 39.0 Å². The number of aryl methyl sites for hydroxylation is 2. The van der Waals surface area contributed by atoms with Crippen molar-refractivity contribution in [2.75, 3.05) is 0 Å². The van der Waals surface area contributed by atoms with E-state index < -0.39 is 0 Å². The zero-order chi connectivity index (χ0) is 17.5. The summed E-state index contributed by atoms with van der Waals surface area (Å²) in [6.07, 6.45) is 4.52. The standard InChI is InChI=1S/C21H18N2OS2/c24-20-19-16-7-3-4-8-17(16)26-21(19)23-18(22-20)12-25-15-10-9-13-5-1-2-6-14(13)11-15/h1-2,5-6,9-11H,3-4,7-8,12H2,(H,22,23,24). The number of nitrogens with one attached hydrogen (secondary N) is 1. The summed E-state index contributed by atoms with van der Waals surface area (Å²) in [6, 6.07) is 14.8. The summed E-state index contributed by atoms with van der Waals surface area (Å²) in [5.74, 6) is 1.44. The number of aromatic nitrogens is 2. The van der Waals surface area contributed by atoms with Gasteiger partial charge in [-0.2, -0.15) is 0 Å². The molecule has 0 fully saturated rings. The highest BCUT2D eigenvalue weighted by Crippen LogP contribution is 2.34. The molecule has 0 atom stereocenters. The molecule has 2 heterocycles. The minimum Gasteiger partial charge on any atom is -0.309 e. The molecule has 2 aromatic carbocycles. The third-order valence-electron chi connectivity index (χ3n) is 4.97. The first-order valence-electron chi connectivity index (χ1n) is 8.93. The minimum absolute atomic E-state index is 0.0310. The summed E-state index contributed by atoms with van der Waals surface area (Å²) in [5, 5.41) is 3.32. The second kappa shape index (κ2) is 6.56. The van der Waals surface area contributed by atoms with Gasteiger partial charge in [0, 0.05) is 9.77 Å². The van der Waals surface area contributed by atoms with Crippen molar-refractivity contribution in [3.8, 4) is 0 Å². The Hall–Kier alpha value is -2.11. The number of fused-ring (bicyclic) bond motifs is 4. The Balaban J connectivity index is 1.44. The van der Waals surface area contributed by atoms with E-state index in [2.05, 4.69) is 47.4 Å². The van der Waals surface area contributed by atoms with Crippen LogP contribution in [0.1, 0.15) is 29.1 Å². The van der Waals surface area contributed by atoms with Crippen molar-refractivity contribution >= 4 is 44.1 Å². The van der Waals surface area contributed by atoms with Crippen LogP contribution in [0.3, 0.4) is 0 Å². The van der Waals surface area contributed by atoms with Crippen LogP contribution >= 0.6 is 23.1 Å². The Morgan fingerprint density at radius 2 is 1.92 bits per heavy atom. The molecule has 5 rings (SSSR count). The molecular weight excluding hydrogens is 360 g/mol. The molecule has 26 heavy (non-hydrogen) atoms. The van der Waals surface area contributed by atoms with Gasteiger partial charge in [-0.15, -0.1) is 23.1 Å². The first-order valence-corrected chi connectivity index (χ1v) is 10.7. The van der Waals surface area contributed by atoms with Crippen molar-refractivity contribution in [3.63, 3.8) is 0 Å². The van der Waals surface area contributed by atoms with Gasteiger partial charge in [0.05, 0.1) is 11.1 Å². The lowest BCUT2D eigenvalue weighted by atomic mass is 9.97. The highest BCUT2D eigenvalue weighted by atomic mass is 32.2. The fraction of sp³-hybridized carbons (Fsp3) is 0.238. The summed E-state index contributed by atoms with van der Waals surface area (Å²) >= 11 is 3.42. The molecule has 0 saturated carbocycles. The van der Waals surface area contributed by atoms with E-state index in [4.69, 9.17) is 4.98 Å². The number of aromatic amines is 1. The Morgan fingerprint density at radius 3 is 2.85 bits per heavy atom. The van der Waals surface area contributed by atoms with Crippen molar-refractivity contribution < 1.29 is 0 Å². The smallest absolute Gasteiger partial charge is 0.259 e. The van der Waals surface area contributed by atoms with Crippen molar-refractivity contribution in [2.24, 2.45) is 0 Å². The third-order valence-corrected chi connectivity index (χ3v) is 7.16. The van der Waals surface area contributed by atoms with Crippen LogP contribution in [-0.2, 0) is 18.6 Å². The SMILES string of the molecule is O=c1[nH]c(CSc2ccc3ccccc3c2)nc2sc3c(c12)CCCC3. The first kappa shape index (κ1) is 16.1. The van der Waals surface area contributed by atoms with Crippen molar-refractivity contribution in [2.45, 2.75) is 36.3 Å². The third kappa shape index (κ3) is 2.85. The summed E-state index contributed by atoms with van der Waals surface area (Å²) in [7, 11) is 0. The number of hydrogen-bond donors (Lipinski definition) is 1. The van der Waals surface area contributed by atoms with Gasteiger partial charge in [0.2, 0.25) is 0 Å². The lowest BCUT2D eigenvalue weighted by Crippen LogP contribution is -2.12. The fourth-order valence-electron chi connectivity index (χ4n) is 3.69. The summed E-state index contributed by atoms with van der Waals surface area (Å²) in [5.41, 5.74) is 1.28. The molecule has 0 amide bonds. The van der Waals surface area contributed by atoms with Gasteiger partial charge in [-0.1, -0.05) is 30.3 Å². The maximum Gasteiger partial charge on any atom is 0.259 e. The number of nitrogens with zero attached hydrogens (tertiary/aromatic N) is 1. The van der Waals surface area contributed by atoms with Crippen LogP contribution in [0.25, 0.3) is 21.0 Å². The van der Waals surface area contributed by atoms with E-state index in [9.17, 15) is 4.79 Å². The molecule has 1 aliphatic rings. The molecule has 1 N–H and O–H groups in total. The number of benzene rings is 2. The Labute approximate surface area is 159 Å². The van der Waals surface area contributed by atoms with Crippen molar-refractivity contribution in [3.05, 3.63) is 69.1 Å². The van der Waals surface area contributed by atoms with Gasteiger partial charge in [-0.25, -0.2) is 4.98 Å². The molecule has 0 radical (unpaired) electrons. The van der Waals surface area contributed by atoms with E-state index in [1.54, 1.807) is 23.1 Å². The maximum absolute atomic E-state index is 12.6. The molecule has 1 aliphatic carbocycles. The average molecular weight is 379 g/mol. The normalized spacial score (nSPS) is 14.0. The van der Waals surface area contributed by atoms with E-state index in [1.807, 2.05) is 0 Å². The second-order valence-electron chi connectivity index (χ2n) is 6.70. The zero-order valence-electron chi connectivity index (χ0n) is 14.2. The van der Waals surface area contributed by atoms with Gasteiger partial charge in [-0.3, -0.25) is 4.79 Å². The highest BCUT2D eigenvalue weighted by Gasteiger charge is 2.19. The Morgan fingerprint density at radius 1 is 1.08 bits per heavy atom. The van der Waals surface area contributed by atoms with Crippen LogP contribution in [0.15, 0.2) is 52.2 Å². The summed E-state index contributed by atoms with van der Waals surface area (Å²) in [4.78, 5) is 23.9. The molecular formula is C21H18N2OS2. The lowest BCUT2D eigenvalue weighted by molar-refractivity contribution is 0.700. The number of thioether (sulfide) groups is 1. The van der Waals surface area contributed by atoms with Crippen LogP contribution in [0.2, 0.25) is 0 Å². The molecule has 0 saturated heterocycles. The van der Waals surface area contributed by atoms with Crippen LogP contribution in [0, 0.1) is 0 Å². The van der Waals surface area contributed by atoms with Gasteiger partial charge >= 0.3 is 0 Å². The van der Waals surface area contributed by atoms with Gasteiger partial charge in [0.1, 0.15) is 10.7 Å². The van der Waals surface area contributed by atoms with E-state index in [-0.39, 0.29) is 5.56 Å².